The highest BCUT2D eigenvalue weighted by molar-refractivity contribution is 7.18. The van der Waals surface area contributed by atoms with Crippen LogP contribution in [0.3, 0.4) is 0 Å². The Morgan fingerprint density at radius 1 is 1.29 bits per heavy atom. The summed E-state index contributed by atoms with van der Waals surface area (Å²) in [7, 11) is 0. The number of hydrogen-bond donors (Lipinski definition) is 2. The number of carbonyl (C=O) groups excluding carboxylic acids is 2. The molecule has 2 aromatic rings. The molecule has 2 unspecified atom stereocenters. The first kappa shape index (κ1) is 16.8. The number of carbonyl (C=O) groups is 2. The zero-order chi connectivity index (χ0) is 17.1. The number of amides is 2. The smallest absolute Gasteiger partial charge is 0.291 e. The van der Waals surface area contributed by atoms with Gasteiger partial charge in [0.25, 0.3) is 11.8 Å². The minimum absolute atomic E-state index is 0.0462. The summed E-state index contributed by atoms with van der Waals surface area (Å²) in [4.78, 5) is 25.2. The lowest BCUT2D eigenvalue weighted by molar-refractivity contribution is 0.0924. The maximum atomic E-state index is 12.5. The minimum Gasteiger partial charge on any atom is -0.459 e. The monoisotopic (exact) mass is 346 g/mol. The van der Waals surface area contributed by atoms with Gasteiger partial charge >= 0.3 is 0 Å². The second kappa shape index (κ2) is 7.21. The Balaban J connectivity index is 1.65. The fourth-order valence-corrected chi connectivity index (χ4v) is 4.14. The molecule has 1 aliphatic rings. The van der Waals surface area contributed by atoms with Crippen LogP contribution in [0.2, 0.25) is 0 Å². The van der Waals surface area contributed by atoms with Crippen LogP contribution < -0.4 is 10.6 Å². The van der Waals surface area contributed by atoms with E-state index in [1.54, 1.807) is 12.1 Å². The predicted octanol–water partition coefficient (Wildman–Crippen LogP) is 4.21. The van der Waals surface area contributed by atoms with E-state index in [1.807, 2.05) is 13.0 Å². The average molecular weight is 346 g/mol. The molecule has 1 saturated carbocycles. The lowest BCUT2D eigenvalue weighted by Gasteiger charge is -2.27. The molecule has 0 aromatic carbocycles. The first-order valence-corrected chi connectivity index (χ1v) is 9.10. The number of aryl methyl sites for hydroxylation is 1. The molecule has 3 rings (SSSR count). The summed E-state index contributed by atoms with van der Waals surface area (Å²) in [5.74, 6) is 0.560. The van der Waals surface area contributed by atoms with Gasteiger partial charge in [0.15, 0.2) is 5.76 Å². The van der Waals surface area contributed by atoms with Gasteiger partial charge in [0.05, 0.1) is 16.1 Å². The molecule has 0 aliphatic heterocycles. The molecule has 2 N–H and O–H groups in total. The molecule has 6 heteroatoms. The number of hydrogen-bond acceptors (Lipinski definition) is 4. The van der Waals surface area contributed by atoms with Gasteiger partial charge in [-0.25, -0.2) is 0 Å². The predicted molar refractivity (Wildman–Crippen MR) is 94.6 cm³/mol. The summed E-state index contributed by atoms with van der Waals surface area (Å²) < 4.78 is 5.08. The van der Waals surface area contributed by atoms with E-state index >= 15 is 0 Å². The fraction of sp³-hybridized carbons (Fsp3) is 0.444. The summed E-state index contributed by atoms with van der Waals surface area (Å²) in [6.07, 6.45) is 5.95. The van der Waals surface area contributed by atoms with Crippen LogP contribution in [0.25, 0.3) is 0 Å². The normalized spacial score (nSPS) is 20.6. The number of rotatable bonds is 4. The average Bonchev–Trinajstić information content (AvgIpc) is 3.17. The van der Waals surface area contributed by atoms with Crippen molar-refractivity contribution in [3.63, 3.8) is 0 Å². The van der Waals surface area contributed by atoms with Crippen LogP contribution in [-0.4, -0.2) is 17.9 Å². The van der Waals surface area contributed by atoms with Crippen LogP contribution in [0.4, 0.5) is 5.00 Å². The number of thiophene rings is 1. The highest BCUT2D eigenvalue weighted by Gasteiger charge is 2.23. The molecule has 0 spiro atoms. The van der Waals surface area contributed by atoms with Crippen LogP contribution in [0.15, 0.2) is 28.9 Å². The van der Waals surface area contributed by atoms with Gasteiger partial charge in [-0.1, -0.05) is 19.8 Å². The largest absolute Gasteiger partial charge is 0.459 e. The van der Waals surface area contributed by atoms with Crippen molar-refractivity contribution in [2.75, 3.05) is 5.32 Å². The second-order valence-corrected chi connectivity index (χ2v) is 7.55. The van der Waals surface area contributed by atoms with Gasteiger partial charge in [-0.05, 0) is 49.4 Å². The molecule has 2 heterocycles. The molecule has 0 radical (unpaired) electrons. The lowest BCUT2D eigenvalue weighted by Crippen LogP contribution is -2.37. The second-order valence-electron chi connectivity index (χ2n) is 6.50. The number of anilines is 1. The maximum Gasteiger partial charge on any atom is 0.291 e. The van der Waals surface area contributed by atoms with Crippen molar-refractivity contribution in [1.82, 2.24) is 5.32 Å². The number of furan rings is 1. The molecule has 128 valence electrons. The summed E-state index contributed by atoms with van der Waals surface area (Å²) in [5.41, 5.74) is 0.871. The molecule has 2 amide bonds. The maximum absolute atomic E-state index is 12.5. The van der Waals surface area contributed by atoms with E-state index < -0.39 is 0 Å². The minimum atomic E-state index is -0.311. The molecule has 2 atom stereocenters. The standard InChI is InChI=1S/C18H22N2O3S/c1-11-5-3-6-13(9-11)19-18(22)16-12(2)10-15(24-16)20-17(21)14-7-4-8-23-14/h4,7-8,10-11,13H,3,5-6,9H2,1-2H3,(H,19,22)(H,20,21). The van der Waals surface area contributed by atoms with Gasteiger partial charge in [0.1, 0.15) is 0 Å². The lowest BCUT2D eigenvalue weighted by atomic mass is 9.87. The Bertz CT molecular complexity index is 721. The van der Waals surface area contributed by atoms with Crippen LogP contribution in [0.5, 0.6) is 0 Å². The molecule has 5 nitrogen and oxygen atoms in total. The van der Waals surface area contributed by atoms with Gasteiger partial charge < -0.3 is 15.1 Å². The van der Waals surface area contributed by atoms with Crippen LogP contribution in [-0.2, 0) is 0 Å². The van der Waals surface area contributed by atoms with Crippen molar-refractivity contribution in [2.24, 2.45) is 5.92 Å². The Kier molecular flexibility index (Phi) is 5.04. The fourth-order valence-electron chi connectivity index (χ4n) is 3.17. The van der Waals surface area contributed by atoms with Gasteiger partial charge in [-0.2, -0.15) is 0 Å². The molecule has 2 aromatic heterocycles. The van der Waals surface area contributed by atoms with E-state index in [0.29, 0.717) is 15.8 Å². The van der Waals surface area contributed by atoms with Gasteiger partial charge in [-0.15, -0.1) is 11.3 Å². The zero-order valence-electron chi connectivity index (χ0n) is 13.9. The van der Waals surface area contributed by atoms with Crippen LogP contribution >= 0.6 is 11.3 Å². The third kappa shape index (κ3) is 3.87. The summed E-state index contributed by atoms with van der Waals surface area (Å²) in [5, 5.41) is 6.57. The molecule has 1 aliphatic carbocycles. The zero-order valence-corrected chi connectivity index (χ0v) is 14.7. The van der Waals surface area contributed by atoms with E-state index in [9.17, 15) is 9.59 Å². The van der Waals surface area contributed by atoms with E-state index in [4.69, 9.17) is 4.42 Å². The Labute approximate surface area is 145 Å². The number of nitrogens with one attached hydrogen (secondary N) is 2. The van der Waals surface area contributed by atoms with Crippen molar-refractivity contribution >= 4 is 28.2 Å². The van der Waals surface area contributed by atoms with E-state index in [0.717, 1.165) is 18.4 Å². The molecular weight excluding hydrogens is 324 g/mol. The molecule has 0 saturated heterocycles. The van der Waals surface area contributed by atoms with Gasteiger partial charge in [0.2, 0.25) is 0 Å². The summed E-state index contributed by atoms with van der Waals surface area (Å²) >= 11 is 1.30. The Hall–Kier alpha value is -2.08. The molecule has 24 heavy (non-hydrogen) atoms. The van der Waals surface area contributed by atoms with E-state index in [1.165, 1.54) is 30.4 Å². The summed E-state index contributed by atoms with van der Waals surface area (Å²) in [6, 6.07) is 5.35. The van der Waals surface area contributed by atoms with Crippen molar-refractivity contribution in [2.45, 2.75) is 45.6 Å². The molecule has 0 bridgehead atoms. The van der Waals surface area contributed by atoms with Crippen LogP contribution in [0.1, 0.15) is 58.4 Å². The van der Waals surface area contributed by atoms with Gasteiger partial charge in [0, 0.05) is 6.04 Å². The molecular formula is C18H22N2O3S. The van der Waals surface area contributed by atoms with Crippen molar-refractivity contribution in [3.05, 3.63) is 40.7 Å². The van der Waals surface area contributed by atoms with E-state index in [-0.39, 0.29) is 23.6 Å². The third-order valence-electron chi connectivity index (χ3n) is 4.38. The first-order chi connectivity index (χ1) is 11.5. The van der Waals surface area contributed by atoms with Crippen LogP contribution in [0, 0.1) is 12.8 Å². The van der Waals surface area contributed by atoms with Crippen molar-refractivity contribution in [3.8, 4) is 0 Å². The molecule has 1 fully saturated rings. The van der Waals surface area contributed by atoms with Crippen molar-refractivity contribution < 1.29 is 14.0 Å². The quantitative estimate of drug-likeness (QED) is 0.871. The SMILES string of the molecule is Cc1cc(NC(=O)c2ccco2)sc1C(=O)NC1CCCC(C)C1. The van der Waals surface area contributed by atoms with Crippen molar-refractivity contribution in [1.29, 1.82) is 0 Å². The summed E-state index contributed by atoms with van der Waals surface area (Å²) in [6.45, 7) is 4.12. The first-order valence-electron chi connectivity index (χ1n) is 8.29. The highest BCUT2D eigenvalue weighted by Crippen LogP contribution is 2.28. The van der Waals surface area contributed by atoms with E-state index in [2.05, 4.69) is 17.6 Å². The Morgan fingerprint density at radius 3 is 2.83 bits per heavy atom. The highest BCUT2D eigenvalue weighted by atomic mass is 32.1. The Morgan fingerprint density at radius 2 is 2.12 bits per heavy atom. The van der Waals surface area contributed by atoms with Gasteiger partial charge in [-0.3, -0.25) is 9.59 Å². The topological polar surface area (TPSA) is 71.3 Å². The third-order valence-corrected chi connectivity index (χ3v) is 5.53.